The van der Waals surface area contributed by atoms with Gasteiger partial charge in [-0.05, 0) is 36.8 Å². The number of aliphatic hydroxyl groups is 4. The van der Waals surface area contributed by atoms with E-state index in [1.54, 1.807) is 19.1 Å². The van der Waals surface area contributed by atoms with Gasteiger partial charge in [-0.3, -0.25) is 0 Å². The number of aliphatic hydroxyl groups excluding tert-OH is 4. The lowest BCUT2D eigenvalue weighted by Crippen LogP contribution is -2.56. The molecule has 4 rings (SSSR count). The molecule has 0 amide bonds. The predicted octanol–water partition coefficient (Wildman–Crippen LogP) is 2.36. The number of hydrogen-bond donors (Lipinski definition) is 4. The molecule has 1 saturated heterocycles. The molecule has 0 unspecified atom stereocenters. The summed E-state index contributed by atoms with van der Waals surface area (Å²) in [6.07, 6.45) is -5.51. The van der Waals surface area contributed by atoms with Gasteiger partial charge in [-0.25, -0.2) is 8.78 Å². The number of hydrogen-bond acceptors (Lipinski definition) is 7. The zero-order valence-electron chi connectivity index (χ0n) is 17.3. The Kier molecular flexibility index (Phi) is 6.44. The van der Waals surface area contributed by atoms with Crippen LogP contribution in [0, 0.1) is 18.6 Å². The van der Waals surface area contributed by atoms with Crippen LogP contribution in [0.2, 0.25) is 0 Å². The second-order valence-electron chi connectivity index (χ2n) is 7.66. The minimum atomic E-state index is -1.59. The predicted molar refractivity (Wildman–Crippen MR) is 113 cm³/mol. The Balaban J connectivity index is 1.83. The lowest BCUT2D eigenvalue weighted by atomic mass is 9.98. The molecule has 172 valence electrons. The van der Waals surface area contributed by atoms with E-state index in [4.69, 9.17) is 9.47 Å². The minimum absolute atomic E-state index is 0.188. The molecule has 1 aliphatic heterocycles. The van der Waals surface area contributed by atoms with E-state index < -0.39 is 48.9 Å². The summed E-state index contributed by atoms with van der Waals surface area (Å²) in [7, 11) is 1.42. The second-order valence-corrected chi connectivity index (χ2v) is 8.74. The quantitative estimate of drug-likeness (QED) is 0.457. The Bertz CT molecular complexity index is 1140. The molecule has 1 aliphatic rings. The number of nitrogens with zero attached hydrogens (tertiary/aromatic N) is 1. The highest BCUT2D eigenvalue weighted by molar-refractivity contribution is 7.99. The number of ether oxygens (including phenoxy) is 2. The van der Waals surface area contributed by atoms with Crippen molar-refractivity contribution in [1.29, 1.82) is 0 Å². The van der Waals surface area contributed by atoms with Gasteiger partial charge in [0.05, 0.1) is 19.2 Å². The van der Waals surface area contributed by atoms with Gasteiger partial charge in [0, 0.05) is 27.4 Å². The van der Waals surface area contributed by atoms with Gasteiger partial charge in [-0.2, -0.15) is 0 Å². The van der Waals surface area contributed by atoms with Crippen molar-refractivity contribution in [2.24, 2.45) is 0 Å². The van der Waals surface area contributed by atoms with Crippen molar-refractivity contribution >= 4 is 22.7 Å². The topological polar surface area (TPSA) is 104 Å². The monoisotopic (exact) mass is 467 g/mol. The molecule has 0 saturated carbocycles. The molecule has 1 fully saturated rings. The lowest BCUT2D eigenvalue weighted by molar-refractivity contribution is -0.250. The first-order chi connectivity index (χ1) is 15.2. The van der Waals surface area contributed by atoms with E-state index in [-0.39, 0.29) is 10.3 Å². The zero-order chi connectivity index (χ0) is 23.2. The highest BCUT2D eigenvalue weighted by atomic mass is 32.2. The Morgan fingerprint density at radius 2 is 1.78 bits per heavy atom. The van der Waals surface area contributed by atoms with Crippen molar-refractivity contribution in [2.45, 2.75) is 47.4 Å². The SMILES string of the molecule is COc1ccc(Sc2cn([C@@H]3O[C@H](CO)[C@@H](O)[C@H](O)[C@H]3O)c3cc(C)cc(F)c23)c(F)c1. The van der Waals surface area contributed by atoms with Gasteiger partial charge in [0.15, 0.2) is 6.23 Å². The third-order valence-corrected chi connectivity index (χ3v) is 6.58. The van der Waals surface area contributed by atoms with Gasteiger partial charge in [0.2, 0.25) is 0 Å². The summed E-state index contributed by atoms with van der Waals surface area (Å²) in [6.45, 7) is 1.11. The Labute approximate surface area is 186 Å². The van der Waals surface area contributed by atoms with Crippen molar-refractivity contribution in [3.63, 3.8) is 0 Å². The van der Waals surface area contributed by atoms with Crippen molar-refractivity contribution in [2.75, 3.05) is 13.7 Å². The molecule has 5 atom stereocenters. The molecule has 32 heavy (non-hydrogen) atoms. The maximum Gasteiger partial charge on any atom is 0.163 e. The fourth-order valence-corrected chi connectivity index (χ4v) is 4.84. The van der Waals surface area contributed by atoms with Gasteiger partial charge in [0.1, 0.15) is 41.8 Å². The fourth-order valence-electron chi connectivity index (χ4n) is 3.84. The van der Waals surface area contributed by atoms with Crippen LogP contribution >= 0.6 is 11.8 Å². The molecule has 4 N–H and O–H groups in total. The van der Waals surface area contributed by atoms with Gasteiger partial charge >= 0.3 is 0 Å². The van der Waals surface area contributed by atoms with Crippen LogP contribution in [0.1, 0.15) is 11.8 Å². The maximum atomic E-state index is 15.0. The second kappa shape index (κ2) is 8.97. The third-order valence-electron chi connectivity index (χ3n) is 5.49. The Morgan fingerprint density at radius 3 is 2.44 bits per heavy atom. The van der Waals surface area contributed by atoms with Crippen LogP contribution in [0.3, 0.4) is 0 Å². The summed E-state index contributed by atoms with van der Waals surface area (Å²) in [5.41, 5.74) is 0.953. The van der Waals surface area contributed by atoms with E-state index >= 15 is 4.39 Å². The summed E-state index contributed by atoms with van der Waals surface area (Å²) in [5, 5.41) is 40.5. The van der Waals surface area contributed by atoms with Crippen molar-refractivity contribution in [3.05, 3.63) is 53.7 Å². The van der Waals surface area contributed by atoms with Crippen LogP contribution in [-0.2, 0) is 4.74 Å². The molecule has 0 radical (unpaired) electrons. The summed E-state index contributed by atoms with van der Waals surface area (Å²) in [6, 6.07) is 7.34. The zero-order valence-corrected chi connectivity index (χ0v) is 18.1. The number of fused-ring (bicyclic) bond motifs is 1. The lowest BCUT2D eigenvalue weighted by Gasteiger charge is -2.40. The van der Waals surface area contributed by atoms with E-state index in [0.717, 1.165) is 11.8 Å². The van der Waals surface area contributed by atoms with Gasteiger partial charge < -0.3 is 34.5 Å². The number of rotatable bonds is 5. The molecular formula is C22H23F2NO6S. The van der Waals surface area contributed by atoms with E-state index in [9.17, 15) is 24.8 Å². The van der Waals surface area contributed by atoms with Crippen LogP contribution in [-0.4, -0.2) is 63.1 Å². The largest absolute Gasteiger partial charge is 0.497 e. The summed E-state index contributed by atoms with van der Waals surface area (Å²) >= 11 is 0.987. The number of aryl methyl sites for hydroxylation is 1. The van der Waals surface area contributed by atoms with Crippen molar-refractivity contribution in [3.8, 4) is 5.75 Å². The summed E-state index contributed by atoms with van der Waals surface area (Å²) in [4.78, 5) is 0.595. The highest BCUT2D eigenvalue weighted by Crippen LogP contribution is 2.41. The minimum Gasteiger partial charge on any atom is -0.497 e. The molecular weight excluding hydrogens is 444 g/mol. The summed E-state index contributed by atoms with van der Waals surface area (Å²) < 4.78 is 41.7. The van der Waals surface area contributed by atoms with Crippen LogP contribution in [0.15, 0.2) is 46.3 Å². The van der Waals surface area contributed by atoms with Crippen molar-refractivity contribution in [1.82, 2.24) is 4.57 Å². The Hall–Kier alpha value is -2.21. The van der Waals surface area contributed by atoms with E-state index in [1.165, 1.54) is 36.1 Å². The van der Waals surface area contributed by atoms with E-state index in [2.05, 4.69) is 0 Å². The number of benzene rings is 2. The molecule has 3 aromatic rings. The molecule has 0 aliphatic carbocycles. The van der Waals surface area contributed by atoms with E-state index in [1.807, 2.05) is 0 Å². The average molecular weight is 467 g/mol. The average Bonchev–Trinajstić information content (AvgIpc) is 3.11. The molecule has 2 heterocycles. The number of methoxy groups -OCH3 is 1. The summed E-state index contributed by atoms with van der Waals surface area (Å²) in [5.74, 6) is -0.743. The first-order valence-corrected chi connectivity index (χ1v) is 10.7. The fraction of sp³-hybridized carbons (Fsp3) is 0.364. The van der Waals surface area contributed by atoms with Gasteiger partial charge in [0.25, 0.3) is 0 Å². The third kappa shape index (κ3) is 3.98. The van der Waals surface area contributed by atoms with Gasteiger partial charge in [-0.15, -0.1) is 0 Å². The van der Waals surface area contributed by atoms with Gasteiger partial charge in [-0.1, -0.05) is 11.8 Å². The first kappa shape index (κ1) is 23.0. The highest BCUT2D eigenvalue weighted by Gasteiger charge is 2.44. The molecule has 0 bridgehead atoms. The van der Waals surface area contributed by atoms with Crippen molar-refractivity contribution < 1.29 is 38.7 Å². The van der Waals surface area contributed by atoms with E-state index in [0.29, 0.717) is 21.7 Å². The number of halogens is 2. The normalized spacial score (nSPS) is 25.9. The Morgan fingerprint density at radius 1 is 1.03 bits per heavy atom. The molecule has 10 heteroatoms. The molecule has 2 aromatic carbocycles. The smallest absolute Gasteiger partial charge is 0.163 e. The first-order valence-electron chi connectivity index (χ1n) is 9.87. The van der Waals surface area contributed by atoms with Crippen LogP contribution in [0.25, 0.3) is 10.9 Å². The molecule has 0 spiro atoms. The van der Waals surface area contributed by atoms with Crippen LogP contribution in [0.4, 0.5) is 8.78 Å². The van der Waals surface area contributed by atoms with Crippen LogP contribution in [0.5, 0.6) is 5.75 Å². The maximum absolute atomic E-state index is 15.0. The van der Waals surface area contributed by atoms with Crippen LogP contribution < -0.4 is 4.74 Å². The molecule has 1 aromatic heterocycles. The standard InChI is InChI=1S/C22H23F2NO6S/c1-10-5-13(24)18-14(6-10)25(22-21(29)20(28)19(27)15(9-26)31-22)8-17(18)32-16-4-3-11(30-2)7-12(16)23/h3-8,15,19-22,26-29H,9H2,1-2H3/t15-,19-,20+,21-,22-/m1/s1. The molecule has 7 nitrogen and oxygen atoms in total. The number of aromatic nitrogens is 1.